The summed E-state index contributed by atoms with van der Waals surface area (Å²) in [6, 6.07) is 8.61. The number of benzene rings is 1. The number of aryl methyl sites for hydroxylation is 1. The third kappa shape index (κ3) is 3.19. The molecule has 100 valence electrons. The summed E-state index contributed by atoms with van der Waals surface area (Å²) in [5.41, 5.74) is 1.62. The highest BCUT2D eigenvalue weighted by Crippen LogP contribution is 2.20. The summed E-state index contributed by atoms with van der Waals surface area (Å²) in [5, 5.41) is 9.07. The van der Waals surface area contributed by atoms with Crippen molar-refractivity contribution in [3.05, 3.63) is 46.2 Å². The fourth-order valence-corrected chi connectivity index (χ4v) is 3.19. The van der Waals surface area contributed by atoms with Crippen LogP contribution < -0.4 is 10.5 Å². The molecule has 0 atom stereocenters. The van der Waals surface area contributed by atoms with E-state index in [0.29, 0.717) is 10.6 Å². The van der Waals surface area contributed by atoms with E-state index in [1.807, 2.05) is 25.1 Å². The maximum absolute atomic E-state index is 12.0. The Hall–Kier alpha value is -1.70. The lowest BCUT2D eigenvalue weighted by atomic mass is 10.2. The smallest absolute Gasteiger partial charge is 0.265 e. The van der Waals surface area contributed by atoms with Gasteiger partial charge in [0.15, 0.2) is 0 Å². The van der Waals surface area contributed by atoms with Gasteiger partial charge in [-0.05, 0) is 24.6 Å². The predicted molar refractivity (Wildman–Crippen MR) is 74.8 cm³/mol. The van der Waals surface area contributed by atoms with E-state index in [9.17, 15) is 13.2 Å². The van der Waals surface area contributed by atoms with Crippen molar-refractivity contribution >= 4 is 33.0 Å². The van der Waals surface area contributed by atoms with Crippen molar-refractivity contribution in [2.24, 2.45) is 5.14 Å². The zero-order valence-corrected chi connectivity index (χ0v) is 11.7. The van der Waals surface area contributed by atoms with E-state index in [1.165, 1.54) is 11.4 Å². The zero-order valence-electron chi connectivity index (χ0n) is 10.1. The van der Waals surface area contributed by atoms with Gasteiger partial charge in [0.2, 0.25) is 10.0 Å². The van der Waals surface area contributed by atoms with Crippen LogP contribution in [0.25, 0.3) is 0 Å². The maximum Gasteiger partial charge on any atom is 0.265 e. The molecular weight excluding hydrogens is 284 g/mol. The Morgan fingerprint density at radius 3 is 2.58 bits per heavy atom. The molecule has 0 unspecified atom stereocenters. The first-order valence-corrected chi connectivity index (χ1v) is 7.79. The van der Waals surface area contributed by atoms with Crippen molar-refractivity contribution < 1.29 is 13.2 Å². The molecule has 1 heterocycles. The SMILES string of the molecule is Cc1ccccc1NC(=O)c1cc(S(N)(=O)=O)cs1. The highest BCUT2D eigenvalue weighted by molar-refractivity contribution is 7.89. The van der Waals surface area contributed by atoms with Crippen molar-refractivity contribution in [3.8, 4) is 0 Å². The Kier molecular flexibility index (Phi) is 3.70. The molecule has 0 spiro atoms. The normalized spacial score (nSPS) is 11.3. The topological polar surface area (TPSA) is 89.3 Å². The number of hydrogen-bond donors (Lipinski definition) is 2. The second kappa shape index (κ2) is 5.12. The number of carbonyl (C=O) groups is 1. The Balaban J connectivity index is 2.22. The molecule has 2 aromatic rings. The molecule has 0 aliphatic heterocycles. The van der Waals surface area contributed by atoms with Gasteiger partial charge >= 0.3 is 0 Å². The van der Waals surface area contributed by atoms with Crippen LogP contribution in [-0.4, -0.2) is 14.3 Å². The number of anilines is 1. The van der Waals surface area contributed by atoms with Crippen molar-refractivity contribution in [2.75, 3.05) is 5.32 Å². The number of thiophene rings is 1. The molecule has 1 aromatic carbocycles. The van der Waals surface area contributed by atoms with Crippen molar-refractivity contribution in [3.63, 3.8) is 0 Å². The Bertz CT molecular complexity index is 720. The first kappa shape index (κ1) is 13.7. The number of para-hydroxylation sites is 1. The minimum Gasteiger partial charge on any atom is -0.321 e. The summed E-state index contributed by atoms with van der Waals surface area (Å²) in [6.07, 6.45) is 0. The molecule has 3 N–H and O–H groups in total. The standard InChI is InChI=1S/C12H12N2O3S2/c1-8-4-2-3-5-10(8)14-12(15)11-6-9(7-18-11)19(13,16)17/h2-7H,1H3,(H,14,15)(H2,13,16,17). The van der Waals surface area contributed by atoms with Gasteiger partial charge in [-0.2, -0.15) is 0 Å². The van der Waals surface area contributed by atoms with Crippen molar-refractivity contribution in [1.82, 2.24) is 0 Å². The van der Waals surface area contributed by atoms with Gasteiger partial charge in [-0.1, -0.05) is 18.2 Å². The van der Waals surface area contributed by atoms with Crippen LogP contribution in [0.1, 0.15) is 15.2 Å². The number of nitrogens with two attached hydrogens (primary N) is 1. The minimum atomic E-state index is -3.77. The first-order chi connectivity index (χ1) is 8.88. The van der Waals surface area contributed by atoms with Crippen LogP contribution in [0.15, 0.2) is 40.6 Å². The Morgan fingerprint density at radius 1 is 1.32 bits per heavy atom. The average molecular weight is 296 g/mol. The third-order valence-electron chi connectivity index (χ3n) is 2.52. The van der Waals surface area contributed by atoms with E-state index in [2.05, 4.69) is 5.32 Å². The van der Waals surface area contributed by atoms with E-state index in [-0.39, 0.29) is 10.8 Å². The summed E-state index contributed by atoms with van der Waals surface area (Å²) < 4.78 is 22.3. The van der Waals surface area contributed by atoms with Crippen LogP contribution in [0.5, 0.6) is 0 Å². The molecule has 1 aromatic heterocycles. The van der Waals surface area contributed by atoms with Gasteiger partial charge in [-0.3, -0.25) is 4.79 Å². The maximum atomic E-state index is 12.0. The monoisotopic (exact) mass is 296 g/mol. The van der Waals surface area contributed by atoms with E-state index >= 15 is 0 Å². The second-order valence-corrected chi connectivity index (χ2v) is 6.43. The van der Waals surface area contributed by atoms with E-state index in [1.54, 1.807) is 6.07 Å². The van der Waals surface area contributed by atoms with Crippen LogP contribution in [0.3, 0.4) is 0 Å². The Morgan fingerprint density at radius 2 is 2.00 bits per heavy atom. The largest absolute Gasteiger partial charge is 0.321 e. The fraction of sp³-hybridized carbons (Fsp3) is 0.0833. The number of sulfonamides is 1. The second-order valence-electron chi connectivity index (χ2n) is 3.96. The average Bonchev–Trinajstić information content (AvgIpc) is 2.81. The molecule has 0 aliphatic carbocycles. The molecule has 0 aliphatic rings. The van der Waals surface area contributed by atoms with E-state index in [4.69, 9.17) is 5.14 Å². The third-order valence-corrected chi connectivity index (χ3v) is 4.49. The molecule has 0 saturated carbocycles. The molecule has 0 saturated heterocycles. The van der Waals surface area contributed by atoms with E-state index in [0.717, 1.165) is 16.9 Å². The highest BCUT2D eigenvalue weighted by Gasteiger charge is 2.15. The number of carbonyl (C=O) groups excluding carboxylic acids is 1. The van der Waals surface area contributed by atoms with Crippen LogP contribution in [0.4, 0.5) is 5.69 Å². The quantitative estimate of drug-likeness (QED) is 0.907. The van der Waals surface area contributed by atoms with Gasteiger partial charge in [0.1, 0.15) is 0 Å². The molecule has 7 heteroatoms. The molecule has 1 amide bonds. The predicted octanol–water partition coefficient (Wildman–Crippen LogP) is 1.96. The number of rotatable bonds is 3. The van der Waals surface area contributed by atoms with Crippen molar-refractivity contribution in [2.45, 2.75) is 11.8 Å². The minimum absolute atomic E-state index is 0.0487. The van der Waals surface area contributed by atoms with Crippen LogP contribution in [0.2, 0.25) is 0 Å². The van der Waals surface area contributed by atoms with E-state index < -0.39 is 10.0 Å². The molecule has 5 nitrogen and oxygen atoms in total. The zero-order chi connectivity index (χ0) is 14.0. The lowest BCUT2D eigenvalue weighted by Crippen LogP contribution is -2.13. The molecule has 2 rings (SSSR count). The molecular formula is C12H12N2O3S2. The molecule has 0 bridgehead atoms. The Labute approximate surface area is 115 Å². The summed E-state index contributed by atoms with van der Waals surface area (Å²) in [6.45, 7) is 1.87. The highest BCUT2D eigenvalue weighted by atomic mass is 32.2. The van der Waals surface area contributed by atoms with Gasteiger partial charge in [0.25, 0.3) is 5.91 Å². The summed E-state index contributed by atoms with van der Waals surface area (Å²) in [7, 11) is -3.77. The summed E-state index contributed by atoms with van der Waals surface area (Å²) in [4.78, 5) is 12.2. The summed E-state index contributed by atoms with van der Waals surface area (Å²) in [5.74, 6) is -0.353. The number of hydrogen-bond acceptors (Lipinski definition) is 4. The van der Waals surface area contributed by atoms with Gasteiger partial charge in [-0.15, -0.1) is 11.3 Å². The number of primary sulfonamides is 1. The number of nitrogens with one attached hydrogen (secondary N) is 1. The van der Waals surface area contributed by atoms with Gasteiger partial charge < -0.3 is 5.32 Å². The number of amides is 1. The lowest BCUT2D eigenvalue weighted by Gasteiger charge is -2.06. The van der Waals surface area contributed by atoms with Crippen LogP contribution >= 0.6 is 11.3 Å². The van der Waals surface area contributed by atoms with Gasteiger partial charge in [0.05, 0.1) is 9.77 Å². The molecule has 0 radical (unpaired) electrons. The summed E-state index contributed by atoms with van der Waals surface area (Å²) >= 11 is 1.04. The van der Waals surface area contributed by atoms with Crippen molar-refractivity contribution in [1.29, 1.82) is 0 Å². The van der Waals surface area contributed by atoms with Crippen LogP contribution in [0, 0.1) is 6.92 Å². The van der Waals surface area contributed by atoms with Crippen LogP contribution in [-0.2, 0) is 10.0 Å². The first-order valence-electron chi connectivity index (χ1n) is 5.36. The van der Waals surface area contributed by atoms with Gasteiger partial charge in [0, 0.05) is 11.1 Å². The fourth-order valence-electron chi connectivity index (χ4n) is 1.48. The van der Waals surface area contributed by atoms with Gasteiger partial charge in [-0.25, -0.2) is 13.6 Å². The lowest BCUT2D eigenvalue weighted by molar-refractivity contribution is 0.103. The molecule has 0 fully saturated rings. The molecule has 19 heavy (non-hydrogen) atoms.